The molecule has 0 saturated carbocycles. The molecule has 7 nitrogen and oxygen atoms in total. The molecule has 4 N–H and O–H groups in total. The molecule has 1 rings (SSSR count). The number of aliphatic hydroxyl groups excluding tert-OH is 1. The number of aliphatic carboxylic acids is 1. The molecule has 0 fully saturated rings. The van der Waals surface area contributed by atoms with Crippen LogP contribution in [0.4, 0.5) is 0 Å². The monoisotopic (exact) mass is 352 g/mol. The fourth-order valence-electron chi connectivity index (χ4n) is 2.21. The minimum atomic E-state index is -0.856. The summed E-state index contributed by atoms with van der Waals surface area (Å²) in [7, 11) is 0. The van der Waals surface area contributed by atoms with Crippen LogP contribution < -0.4 is 15.4 Å². The number of benzene rings is 1. The van der Waals surface area contributed by atoms with Gasteiger partial charge in [-0.25, -0.2) is 0 Å². The molecule has 0 aliphatic rings. The molecule has 0 radical (unpaired) electrons. The van der Waals surface area contributed by atoms with Crippen molar-refractivity contribution >= 4 is 11.9 Å². The van der Waals surface area contributed by atoms with Gasteiger partial charge in [-0.15, -0.1) is 0 Å². The van der Waals surface area contributed by atoms with E-state index >= 15 is 0 Å². The summed E-state index contributed by atoms with van der Waals surface area (Å²) < 4.78 is 5.61. The highest BCUT2D eigenvalue weighted by atomic mass is 16.5. The van der Waals surface area contributed by atoms with Crippen LogP contribution in [0.1, 0.15) is 31.7 Å². The normalized spacial score (nSPS) is 11.8. The Bertz CT molecular complexity index is 536. The Kier molecular flexibility index (Phi) is 10.3. The van der Waals surface area contributed by atoms with E-state index in [1.54, 1.807) is 6.07 Å². The van der Waals surface area contributed by atoms with Gasteiger partial charge >= 0.3 is 5.97 Å². The lowest BCUT2D eigenvalue weighted by atomic mass is 10.1. The quantitative estimate of drug-likeness (QED) is 0.394. The Hall–Kier alpha value is -2.12. The van der Waals surface area contributed by atoms with Crippen LogP contribution in [-0.4, -0.2) is 54.4 Å². The van der Waals surface area contributed by atoms with Gasteiger partial charge in [0, 0.05) is 32.5 Å². The fourth-order valence-corrected chi connectivity index (χ4v) is 2.21. The fraction of sp³-hybridized carbons (Fsp3) is 0.556. The summed E-state index contributed by atoms with van der Waals surface area (Å²) in [6.07, 6.45) is 1.07. The van der Waals surface area contributed by atoms with E-state index < -0.39 is 12.1 Å². The molecule has 0 aromatic heterocycles. The van der Waals surface area contributed by atoms with Gasteiger partial charge in [-0.05, 0) is 24.5 Å². The van der Waals surface area contributed by atoms with Gasteiger partial charge in [0.2, 0.25) is 5.91 Å². The molecule has 0 heterocycles. The van der Waals surface area contributed by atoms with Crippen LogP contribution in [0.3, 0.4) is 0 Å². The zero-order valence-corrected chi connectivity index (χ0v) is 14.7. The smallest absolute Gasteiger partial charge is 0.303 e. The molecule has 1 amide bonds. The number of amides is 1. The summed E-state index contributed by atoms with van der Waals surface area (Å²) in [5.74, 6) is -0.231. The predicted molar refractivity (Wildman–Crippen MR) is 94.7 cm³/mol. The number of nitrogens with one attached hydrogen (secondary N) is 2. The lowest BCUT2D eigenvalue weighted by Crippen LogP contribution is -2.37. The molecule has 0 bridgehead atoms. The molecule has 0 aliphatic heterocycles. The van der Waals surface area contributed by atoms with Crippen molar-refractivity contribution in [1.82, 2.24) is 10.6 Å². The average molecular weight is 352 g/mol. The number of carbonyl (C=O) groups is 2. The van der Waals surface area contributed by atoms with Crippen molar-refractivity contribution in [2.45, 2.75) is 38.7 Å². The number of carboxylic acids is 1. The van der Waals surface area contributed by atoms with Gasteiger partial charge in [-0.2, -0.15) is 0 Å². The van der Waals surface area contributed by atoms with E-state index in [2.05, 4.69) is 10.6 Å². The molecule has 0 aliphatic carbocycles. The summed E-state index contributed by atoms with van der Waals surface area (Å²) in [4.78, 5) is 22.0. The van der Waals surface area contributed by atoms with Crippen LogP contribution in [0.2, 0.25) is 0 Å². The van der Waals surface area contributed by atoms with Gasteiger partial charge < -0.3 is 25.6 Å². The standard InChI is InChI=1S/C18H28N2O5/c1-2-5-17(22)20-11-10-19-12-15(21)13-25-16-7-4-3-6-14(16)8-9-18(23)24/h3-4,6-7,15,19,21H,2,5,8-13H2,1H3,(H,20,22)(H,23,24). The lowest BCUT2D eigenvalue weighted by Gasteiger charge is -2.15. The Labute approximate surface area is 148 Å². The van der Waals surface area contributed by atoms with Crippen molar-refractivity contribution in [1.29, 1.82) is 0 Å². The first kappa shape index (κ1) is 20.9. The summed E-state index contributed by atoms with van der Waals surface area (Å²) in [5.41, 5.74) is 0.809. The van der Waals surface area contributed by atoms with Gasteiger partial charge in [-0.3, -0.25) is 9.59 Å². The predicted octanol–water partition coefficient (Wildman–Crippen LogP) is 0.949. The molecule has 140 valence electrons. The van der Waals surface area contributed by atoms with E-state index in [0.717, 1.165) is 12.0 Å². The molecule has 7 heteroatoms. The molecule has 1 unspecified atom stereocenters. The molecule has 0 spiro atoms. The van der Waals surface area contributed by atoms with Gasteiger partial charge in [-0.1, -0.05) is 25.1 Å². The molecule has 1 atom stereocenters. The second-order valence-corrected chi connectivity index (χ2v) is 5.77. The molecule has 1 aromatic rings. The first-order valence-electron chi connectivity index (χ1n) is 8.61. The topological polar surface area (TPSA) is 108 Å². The molecular weight excluding hydrogens is 324 g/mol. The third-order valence-electron chi connectivity index (χ3n) is 3.49. The lowest BCUT2D eigenvalue weighted by molar-refractivity contribution is -0.137. The maximum absolute atomic E-state index is 11.3. The number of para-hydroxylation sites is 1. The first-order chi connectivity index (χ1) is 12.0. The second-order valence-electron chi connectivity index (χ2n) is 5.77. The third kappa shape index (κ3) is 9.69. The Balaban J connectivity index is 2.24. The minimum absolute atomic E-state index is 0.0335. The SMILES string of the molecule is CCCC(=O)NCCNCC(O)COc1ccccc1CCC(=O)O. The largest absolute Gasteiger partial charge is 0.491 e. The number of carbonyl (C=O) groups excluding carboxylic acids is 1. The number of hydrogen-bond acceptors (Lipinski definition) is 5. The van der Waals surface area contributed by atoms with Crippen LogP contribution in [-0.2, 0) is 16.0 Å². The first-order valence-corrected chi connectivity index (χ1v) is 8.61. The van der Waals surface area contributed by atoms with Crippen LogP contribution in [0.5, 0.6) is 5.75 Å². The van der Waals surface area contributed by atoms with Crippen LogP contribution in [0.15, 0.2) is 24.3 Å². The van der Waals surface area contributed by atoms with Crippen molar-refractivity contribution in [3.8, 4) is 5.75 Å². The van der Waals surface area contributed by atoms with E-state index in [4.69, 9.17) is 9.84 Å². The summed E-state index contributed by atoms with van der Waals surface area (Å²) >= 11 is 0. The number of aryl methyl sites for hydroxylation is 1. The number of ether oxygens (including phenoxy) is 1. The summed E-state index contributed by atoms with van der Waals surface area (Å²) in [5, 5.41) is 24.6. The maximum atomic E-state index is 11.3. The Morgan fingerprint density at radius 3 is 2.68 bits per heavy atom. The minimum Gasteiger partial charge on any atom is -0.491 e. The third-order valence-corrected chi connectivity index (χ3v) is 3.49. The maximum Gasteiger partial charge on any atom is 0.303 e. The highest BCUT2D eigenvalue weighted by Crippen LogP contribution is 2.19. The molecule has 1 aromatic carbocycles. The summed E-state index contributed by atoms with van der Waals surface area (Å²) in [6, 6.07) is 7.22. The zero-order chi connectivity index (χ0) is 18.5. The van der Waals surface area contributed by atoms with Gasteiger partial charge in [0.1, 0.15) is 18.5 Å². The van der Waals surface area contributed by atoms with E-state index in [9.17, 15) is 14.7 Å². The molecule has 0 saturated heterocycles. The van der Waals surface area contributed by atoms with Crippen LogP contribution >= 0.6 is 0 Å². The average Bonchev–Trinajstić information content (AvgIpc) is 2.58. The van der Waals surface area contributed by atoms with E-state index in [1.165, 1.54) is 0 Å². The Morgan fingerprint density at radius 1 is 1.20 bits per heavy atom. The van der Waals surface area contributed by atoms with Crippen molar-refractivity contribution in [2.75, 3.05) is 26.2 Å². The van der Waals surface area contributed by atoms with Crippen LogP contribution in [0, 0.1) is 0 Å². The van der Waals surface area contributed by atoms with Gasteiger partial charge in [0.05, 0.1) is 0 Å². The van der Waals surface area contributed by atoms with Crippen molar-refractivity contribution in [3.05, 3.63) is 29.8 Å². The van der Waals surface area contributed by atoms with E-state index in [-0.39, 0.29) is 18.9 Å². The second kappa shape index (κ2) is 12.3. The molecular formula is C18H28N2O5. The van der Waals surface area contributed by atoms with Gasteiger partial charge in [0.25, 0.3) is 0 Å². The van der Waals surface area contributed by atoms with Gasteiger partial charge in [0.15, 0.2) is 0 Å². The van der Waals surface area contributed by atoms with Crippen molar-refractivity contribution in [2.24, 2.45) is 0 Å². The van der Waals surface area contributed by atoms with Crippen LogP contribution in [0.25, 0.3) is 0 Å². The molecule has 25 heavy (non-hydrogen) atoms. The number of rotatable bonds is 13. The van der Waals surface area contributed by atoms with E-state index in [0.29, 0.717) is 38.2 Å². The number of aliphatic hydroxyl groups is 1. The summed E-state index contributed by atoms with van der Waals surface area (Å²) in [6.45, 7) is 3.50. The van der Waals surface area contributed by atoms with Crippen molar-refractivity contribution in [3.63, 3.8) is 0 Å². The van der Waals surface area contributed by atoms with E-state index in [1.807, 2.05) is 25.1 Å². The highest BCUT2D eigenvalue weighted by Gasteiger charge is 2.09. The Morgan fingerprint density at radius 2 is 1.96 bits per heavy atom. The number of carboxylic acid groups (broad SMARTS) is 1. The zero-order valence-electron chi connectivity index (χ0n) is 14.7. The highest BCUT2D eigenvalue weighted by molar-refractivity contribution is 5.75. The van der Waals surface area contributed by atoms with Crippen molar-refractivity contribution < 1.29 is 24.5 Å². The number of hydrogen-bond donors (Lipinski definition) is 4.